The first-order valence-corrected chi connectivity index (χ1v) is 9.46. The summed E-state index contributed by atoms with van der Waals surface area (Å²) in [5.41, 5.74) is 1.52. The number of aromatic amines is 2. The number of para-hydroxylation sites is 3. The van der Waals surface area contributed by atoms with Gasteiger partial charge in [0.15, 0.2) is 11.6 Å². The number of aryl methyl sites for hydroxylation is 1. The minimum absolute atomic E-state index is 0.0545. The van der Waals surface area contributed by atoms with Crippen molar-refractivity contribution in [3.63, 3.8) is 0 Å². The van der Waals surface area contributed by atoms with E-state index in [1.54, 1.807) is 36.4 Å². The van der Waals surface area contributed by atoms with Gasteiger partial charge in [-0.15, -0.1) is 0 Å². The molecule has 154 valence electrons. The van der Waals surface area contributed by atoms with Crippen LogP contribution in [-0.4, -0.2) is 37.6 Å². The zero-order valence-corrected chi connectivity index (χ0v) is 16.3. The lowest BCUT2D eigenvalue weighted by Gasteiger charge is -2.06. The summed E-state index contributed by atoms with van der Waals surface area (Å²) >= 11 is 0. The molecule has 0 spiro atoms. The predicted octanol–water partition coefficient (Wildman–Crippen LogP) is 2.77. The van der Waals surface area contributed by atoms with Crippen molar-refractivity contribution >= 4 is 33.5 Å². The average Bonchev–Trinajstić information content (AvgIpc) is 3.20. The number of nitriles is 1. The number of H-pyrrole nitrogens is 2. The summed E-state index contributed by atoms with van der Waals surface area (Å²) in [7, 11) is 0. The van der Waals surface area contributed by atoms with Crippen molar-refractivity contribution in [1.29, 1.82) is 5.26 Å². The number of fused-ring (bicyclic) bond motifs is 2. The van der Waals surface area contributed by atoms with Gasteiger partial charge in [-0.2, -0.15) is 5.26 Å². The van der Waals surface area contributed by atoms with E-state index in [1.807, 2.05) is 18.2 Å². The number of hydrogen-bond donors (Lipinski definition) is 3. The van der Waals surface area contributed by atoms with E-state index >= 15 is 0 Å². The molecule has 4 rings (SSSR count). The molecule has 9 nitrogen and oxygen atoms in total. The normalized spacial score (nSPS) is 11.8. The van der Waals surface area contributed by atoms with Crippen LogP contribution in [0.15, 0.2) is 59.1 Å². The highest BCUT2D eigenvalue weighted by molar-refractivity contribution is 5.83. The number of allylic oxidation sites excluding steroid dienone is 1. The molecule has 0 amide bonds. The molecule has 0 saturated carbocycles. The van der Waals surface area contributed by atoms with Crippen LogP contribution in [0.5, 0.6) is 0 Å². The Morgan fingerprint density at radius 1 is 1.06 bits per heavy atom. The van der Waals surface area contributed by atoms with Gasteiger partial charge in [-0.05, 0) is 24.3 Å². The van der Waals surface area contributed by atoms with Crippen LogP contribution in [0.2, 0.25) is 0 Å². The summed E-state index contributed by atoms with van der Waals surface area (Å²) in [6.07, 6.45) is 0.110. The van der Waals surface area contributed by atoms with Crippen molar-refractivity contribution in [2.75, 3.05) is 6.61 Å². The van der Waals surface area contributed by atoms with Gasteiger partial charge in [0.05, 0.1) is 28.4 Å². The second-order valence-electron chi connectivity index (χ2n) is 6.73. The van der Waals surface area contributed by atoms with E-state index < -0.39 is 18.3 Å². The number of imidazole rings is 1. The van der Waals surface area contributed by atoms with Gasteiger partial charge in [0.2, 0.25) is 0 Å². The van der Waals surface area contributed by atoms with Crippen molar-refractivity contribution in [1.82, 2.24) is 19.9 Å². The molecule has 31 heavy (non-hydrogen) atoms. The SMILES string of the molecule is N#C/C(=C(\O)COC(=O)CCc1nc2ccccc2c(=O)[nH]1)c1nc2ccccc2[nH]1. The predicted molar refractivity (Wildman–Crippen MR) is 113 cm³/mol. The zero-order chi connectivity index (χ0) is 21.8. The second kappa shape index (κ2) is 8.51. The van der Waals surface area contributed by atoms with Crippen LogP contribution in [0.4, 0.5) is 0 Å². The number of rotatable bonds is 6. The molecule has 0 unspecified atom stereocenters. The van der Waals surface area contributed by atoms with Crippen LogP contribution >= 0.6 is 0 Å². The fourth-order valence-corrected chi connectivity index (χ4v) is 3.09. The molecule has 0 atom stereocenters. The minimum atomic E-state index is -0.607. The van der Waals surface area contributed by atoms with Gasteiger partial charge in [0, 0.05) is 6.42 Å². The highest BCUT2D eigenvalue weighted by Crippen LogP contribution is 2.19. The topological polar surface area (TPSA) is 145 Å². The molecule has 0 aliphatic carbocycles. The van der Waals surface area contributed by atoms with Crippen molar-refractivity contribution in [3.05, 3.63) is 76.3 Å². The molecule has 4 aromatic rings. The highest BCUT2D eigenvalue weighted by atomic mass is 16.5. The smallest absolute Gasteiger partial charge is 0.306 e. The quantitative estimate of drug-likeness (QED) is 0.249. The lowest BCUT2D eigenvalue weighted by molar-refractivity contribution is -0.143. The number of esters is 1. The molecule has 9 heteroatoms. The first kappa shape index (κ1) is 19.8. The second-order valence-corrected chi connectivity index (χ2v) is 6.73. The van der Waals surface area contributed by atoms with Gasteiger partial charge in [-0.25, -0.2) is 9.97 Å². The Labute approximate surface area is 175 Å². The molecule has 2 aromatic heterocycles. The monoisotopic (exact) mass is 415 g/mol. The van der Waals surface area contributed by atoms with Crippen molar-refractivity contribution < 1.29 is 14.6 Å². The number of ether oxygens (including phenoxy) is 1. The molecule has 0 bridgehead atoms. The van der Waals surface area contributed by atoms with Crippen LogP contribution in [-0.2, 0) is 16.0 Å². The molecule has 0 aliphatic heterocycles. The summed E-state index contributed by atoms with van der Waals surface area (Å²) in [6, 6.07) is 16.0. The molecule has 2 heterocycles. The van der Waals surface area contributed by atoms with Crippen LogP contribution in [0.1, 0.15) is 18.1 Å². The maximum Gasteiger partial charge on any atom is 0.306 e. The van der Waals surface area contributed by atoms with E-state index in [4.69, 9.17) is 4.74 Å². The zero-order valence-electron chi connectivity index (χ0n) is 16.3. The number of aromatic nitrogens is 4. The number of carbonyl (C=O) groups excluding carboxylic acids is 1. The molecule has 0 saturated heterocycles. The number of benzene rings is 2. The van der Waals surface area contributed by atoms with Gasteiger partial charge >= 0.3 is 5.97 Å². The first-order valence-electron chi connectivity index (χ1n) is 9.46. The molecule has 3 N–H and O–H groups in total. The van der Waals surface area contributed by atoms with Gasteiger partial charge < -0.3 is 19.8 Å². The molecular formula is C22H17N5O4. The number of carbonyl (C=O) groups is 1. The summed E-state index contributed by atoms with van der Waals surface area (Å²) in [4.78, 5) is 38.3. The number of hydrogen-bond acceptors (Lipinski definition) is 7. The Morgan fingerprint density at radius 2 is 1.81 bits per heavy atom. The van der Waals surface area contributed by atoms with Gasteiger partial charge in [0.1, 0.15) is 24.1 Å². The molecular weight excluding hydrogens is 398 g/mol. The maximum absolute atomic E-state index is 12.1. The standard InChI is InChI=1S/C22H17N5O4/c23-11-14(21-25-16-7-3-4-8-17(16)26-21)18(28)12-31-20(29)10-9-19-24-15-6-2-1-5-13(15)22(30)27-19/h1-8,28H,9-10,12H2,(H,25,26)(H,24,27,30)/b18-14+. The fraction of sp³-hybridized carbons (Fsp3) is 0.136. The van der Waals surface area contributed by atoms with E-state index in [0.29, 0.717) is 27.8 Å². The Morgan fingerprint density at radius 3 is 2.58 bits per heavy atom. The lowest BCUT2D eigenvalue weighted by atomic mass is 10.2. The highest BCUT2D eigenvalue weighted by Gasteiger charge is 2.15. The molecule has 0 radical (unpaired) electrons. The van der Waals surface area contributed by atoms with E-state index in [-0.39, 0.29) is 29.8 Å². The summed E-state index contributed by atoms with van der Waals surface area (Å²) in [5.74, 6) is -0.466. The van der Waals surface area contributed by atoms with Crippen molar-refractivity contribution in [2.45, 2.75) is 12.8 Å². The maximum atomic E-state index is 12.1. The fourth-order valence-electron chi connectivity index (χ4n) is 3.09. The summed E-state index contributed by atoms with van der Waals surface area (Å²) in [6.45, 7) is -0.472. The van der Waals surface area contributed by atoms with Gasteiger partial charge in [-0.1, -0.05) is 24.3 Å². The van der Waals surface area contributed by atoms with Gasteiger partial charge in [-0.3, -0.25) is 9.59 Å². The molecule has 0 fully saturated rings. The number of aliphatic hydroxyl groups is 1. The van der Waals surface area contributed by atoms with E-state index in [1.165, 1.54) is 0 Å². The van der Waals surface area contributed by atoms with Crippen molar-refractivity contribution in [3.8, 4) is 6.07 Å². The average molecular weight is 415 g/mol. The van der Waals surface area contributed by atoms with E-state index in [0.717, 1.165) is 0 Å². The van der Waals surface area contributed by atoms with Crippen LogP contribution < -0.4 is 5.56 Å². The minimum Gasteiger partial charge on any atom is -0.507 e. The molecule has 2 aromatic carbocycles. The Kier molecular flexibility index (Phi) is 5.45. The number of nitrogens with one attached hydrogen (secondary N) is 2. The van der Waals surface area contributed by atoms with Crippen LogP contribution in [0, 0.1) is 11.3 Å². The number of nitrogens with zero attached hydrogens (tertiary/aromatic N) is 3. The Balaban J connectivity index is 1.40. The van der Waals surface area contributed by atoms with Gasteiger partial charge in [0.25, 0.3) is 5.56 Å². The van der Waals surface area contributed by atoms with Crippen molar-refractivity contribution in [2.24, 2.45) is 0 Å². The Hall–Kier alpha value is -4.45. The third-order valence-electron chi connectivity index (χ3n) is 4.62. The summed E-state index contributed by atoms with van der Waals surface area (Å²) < 4.78 is 5.06. The summed E-state index contributed by atoms with van der Waals surface area (Å²) in [5, 5.41) is 20.1. The Bertz CT molecular complexity index is 1380. The largest absolute Gasteiger partial charge is 0.507 e. The first-order chi connectivity index (χ1) is 15.0. The van der Waals surface area contributed by atoms with E-state index in [9.17, 15) is 20.0 Å². The lowest BCUT2D eigenvalue weighted by Crippen LogP contribution is -2.14. The third kappa shape index (κ3) is 4.28. The third-order valence-corrected chi connectivity index (χ3v) is 4.62. The number of aliphatic hydroxyl groups excluding tert-OH is 1. The van der Waals surface area contributed by atoms with E-state index in [2.05, 4.69) is 19.9 Å². The van der Waals surface area contributed by atoms with Crippen LogP contribution in [0.25, 0.3) is 27.5 Å². The van der Waals surface area contributed by atoms with Crippen LogP contribution in [0.3, 0.4) is 0 Å². The molecule has 0 aliphatic rings.